The summed E-state index contributed by atoms with van der Waals surface area (Å²) in [6, 6.07) is 13.9. The highest BCUT2D eigenvalue weighted by molar-refractivity contribution is 5.83. The molecule has 2 aliphatic heterocycles. The number of fused-ring (bicyclic) bond motifs is 2. The lowest BCUT2D eigenvalue weighted by Crippen LogP contribution is -2.25. The summed E-state index contributed by atoms with van der Waals surface area (Å²) in [6.07, 6.45) is 5.67. The van der Waals surface area contributed by atoms with Gasteiger partial charge in [-0.2, -0.15) is 5.10 Å². The molecule has 5 nitrogen and oxygen atoms in total. The van der Waals surface area contributed by atoms with Gasteiger partial charge in [0.05, 0.1) is 6.21 Å². The molecule has 1 unspecified atom stereocenters. The molecule has 0 saturated carbocycles. The summed E-state index contributed by atoms with van der Waals surface area (Å²) in [7, 11) is 0. The van der Waals surface area contributed by atoms with E-state index in [4.69, 9.17) is 9.47 Å². The Kier molecular flexibility index (Phi) is 3.75. The zero-order chi connectivity index (χ0) is 16.4. The first-order valence-corrected chi connectivity index (χ1v) is 7.79. The highest BCUT2D eigenvalue weighted by Gasteiger charge is 2.26. The van der Waals surface area contributed by atoms with Crippen molar-refractivity contribution < 1.29 is 14.3 Å². The third-order valence-corrected chi connectivity index (χ3v) is 4.08. The van der Waals surface area contributed by atoms with E-state index in [0.29, 0.717) is 13.2 Å². The van der Waals surface area contributed by atoms with E-state index in [9.17, 15) is 4.79 Å². The Morgan fingerprint density at radius 3 is 2.79 bits per heavy atom. The van der Waals surface area contributed by atoms with Crippen LogP contribution in [-0.4, -0.2) is 30.7 Å². The quantitative estimate of drug-likeness (QED) is 0.644. The van der Waals surface area contributed by atoms with E-state index >= 15 is 0 Å². The number of aldehydes is 1. The van der Waals surface area contributed by atoms with Crippen LogP contribution in [0.1, 0.15) is 22.7 Å². The second kappa shape index (κ2) is 6.20. The Morgan fingerprint density at radius 2 is 1.92 bits per heavy atom. The molecular weight excluding hydrogens is 304 g/mol. The fourth-order valence-electron chi connectivity index (χ4n) is 3.03. The Labute approximate surface area is 139 Å². The van der Waals surface area contributed by atoms with Gasteiger partial charge < -0.3 is 9.47 Å². The molecule has 24 heavy (non-hydrogen) atoms. The minimum Gasteiger partial charge on any atom is -0.486 e. The maximum absolute atomic E-state index is 10.7. The van der Waals surface area contributed by atoms with Gasteiger partial charge in [-0.1, -0.05) is 30.3 Å². The van der Waals surface area contributed by atoms with Gasteiger partial charge in [0.1, 0.15) is 25.5 Å². The average Bonchev–Trinajstić information content (AvgIpc) is 2.65. The van der Waals surface area contributed by atoms with E-state index in [0.717, 1.165) is 34.5 Å². The average molecular weight is 320 g/mol. The van der Waals surface area contributed by atoms with Gasteiger partial charge >= 0.3 is 0 Å². The SMILES string of the molecule is O=CC=CN1N=Cc2ccccc2C1c1ccc2c(c1)OCCO2. The predicted octanol–water partition coefficient (Wildman–Crippen LogP) is 2.91. The minimum absolute atomic E-state index is 0.127. The predicted molar refractivity (Wildman–Crippen MR) is 90.4 cm³/mol. The smallest absolute Gasteiger partial charge is 0.161 e. The summed E-state index contributed by atoms with van der Waals surface area (Å²) in [5.41, 5.74) is 3.21. The summed E-state index contributed by atoms with van der Waals surface area (Å²) >= 11 is 0. The molecule has 0 fully saturated rings. The molecule has 2 aromatic carbocycles. The standard InChI is InChI=1S/C19H16N2O3/c22-9-3-8-21-19(16-5-2-1-4-15(16)13-20-21)14-6-7-17-18(12-14)24-11-10-23-17/h1-9,12-13,19H,10-11H2. The van der Waals surface area contributed by atoms with Crippen molar-refractivity contribution in [3.8, 4) is 11.5 Å². The molecule has 0 aromatic heterocycles. The molecule has 0 bridgehead atoms. The fraction of sp³-hybridized carbons (Fsp3) is 0.158. The number of hydrogen-bond acceptors (Lipinski definition) is 5. The van der Waals surface area contributed by atoms with Gasteiger partial charge in [0.15, 0.2) is 11.5 Å². The second-order valence-corrected chi connectivity index (χ2v) is 5.54. The van der Waals surface area contributed by atoms with Crippen molar-refractivity contribution in [1.29, 1.82) is 0 Å². The Hall–Kier alpha value is -3.08. The highest BCUT2D eigenvalue weighted by atomic mass is 16.6. The lowest BCUT2D eigenvalue weighted by molar-refractivity contribution is -0.104. The van der Waals surface area contributed by atoms with Crippen LogP contribution in [0.25, 0.3) is 0 Å². The molecule has 5 heteroatoms. The largest absolute Gasteiger partial charge is 0.486 e. The van der Waals surface area contributed by atoms with Crippen LogP contribution in [0, 0.1) is 0 Å². The van der Waals surface area contributed by atoms with Crippen LogP contribution in [0.5, 0.6) is 11.5 Å². The van der Waals surface area contributed by atoms with Crippen molar-refractivity contribution >= 4 is 12.5 Å². The summed E-state index contributed by atoms with van der Waals surface area (Å²) in [4.78, 5) is 10.7. The number of ether oxygens (including phenoxy) is 2. The van der Waals surface area contributed by atoms with Crippen molar-refractivity contribution in [3.05, 3.63) is 71.4 Å². The summed E-state index contributed by atoms with van der Waals surface area (Å²) in [5.74, 6) is 1.50. The van der Waals surface area contributed by atoms with Crippen molar-refractivity contribution in [2.75, 3.05) is 13.2 Å². The van der Waals surface area contributed by atoms with Gasteiger partial charge in [0, 0.05) is 11.8 Å². The molecular formula is C19H16N2O3. The lowest BCUT2D eigenvalue weighted by atomic mass is 9.93. The lowest BCUT2D eigenvalue weighted by Gasteiger charge is -2.32. The molecule has 2 aromatic rings. The number of nitrogens with zero attached hydrogens (tertiary/aromatic N) is 2. The van der Waals surface area contributed by atoms with E-state index in [1.165, 1.54) is 6.08 Å². The van der Waals surface area contributed by atoms with Crippen LogP contribution in [0.3, 0.4) is 0 Å². The summed E-state index contributed by atoms with van der Waals surface area (Å²) < 4.78 is 11.3. The number of benzene rings is 2. The maximum atomic E-state index is 10.7. The summed E-state index contributed by atoms with van der Waals surface area (Å²) in [6.45, 7) is 1.11. The number of rotatable bonds is 3. The van der Waals surface area contributed by atoms with Crippen molar-refractivity contribution in [1.82, 2.24) is 5.01 Å². The van der Waals surface area contributed by atoms with Gasteiger partial charge in [0.2, 0.25) is 0 Å². The van der Waals surface area contributed by atoms with Gasteiger partial charge in [0.25, 0.3) is 0 Å². The molecule has 1 atom stereocenters. The Bertz CT molecular complexity index is 829. The van der Waals surface area contributed by atoms with Crippen LogP contribution in [0.4, 0.5) is 0 Å². The van der Waals surface area contributed by atoms with Gasteiger partial charge in [-0.15, -0.1) is 0 Å². The first kappa shape index (κ1) is 14.5. The number of hydrogen-bond donors (Lipinski definition) is 0. The monoisotopic (exact) mass is 320 g/mol. The van der Waals surface area contributed by atoms with E-state index in [1.807, 2.05) is 36.4 Å². The molecule has 0 spiro atoms. The van der Waals surface area contributed by atoms with Crippen LogP contribution >= 0.6 is 0 Å². The normalized spacial score (nSPS) is 18.5. The van der Waals surface area contributed by atoms with Crippen molar-refractivity contribution in [3.63, 3.8) is 0 Å². The molecule has 0 saturated heterocycles. The van der Waals surface area contributed by atoms with E-state index in [-0.39, 0.29) is 6.04 Å². The zero-order valence-corrected chi connectivity index (χ0v) is 13.0. The van der Waals surface area contributed by atoms with Gasteiger partial charge in [-0.05, 0) is 29.3 Å². The van der Waals surface area contributed by atoms with E-state index in [2.05, 4.69) is 11.2 Å². The maximum Gasteiger partial charge on any atom is 0.161 e. The third kappa shape index (κ3) is 2.54. The van der Waals surface area contributed by atoms with Gasteiger partial charge in [-0.25, -0.2) is 0 Å². The number of hydrazone groups is 1. The minimum atomic E-state index is -0.127. The Balaban J connectivity index is 1.81. The second-order valence-electron chi connectivity index (χ2n) is 5.54. The molecule has 0 N–H and O–H groups in total. The van der Waals surface area contributed by atoms with Crippen LogP contribution in [0.2, 0.25) is 0 Å². The molecule has 2 aliphatic rings. The Morgan fingerprint density at radius 1 is 1.08 bits per heavy atom. The highest BCUT2D eigenvalue weighted by Crippen LogP contribution is 2.38. The van der Waals surface area contributed by atoms with Crippen molar-refractivity contribution in [2.45, 2.75) is 6.04 Å². The number of carbonyl (C=O) groups is 1. The first-order valence-electron chi connectivity index (χ1n) is 7.79. The number of carbonyl (C=O) groups excluding carboxylic acids is 1. The zero-order valence-electron chi connectivity index (χ0n) is 13.0. The molecule has 2 heterocycles. The third-order valence-electron chi connectivity index (χ3n) is 4.08. The molecule has 0 amide bonds. The van der Waals surface area contributed by atoms with Crippen molar-refractivity contribution in [2.24, 2.45) is 5.10 Å². The first-order chi connectivity index (χ1) is 11.9. The molecule has 4 rings (SSSR count). The molecule has 120 valence electrons. The van der Waals surface area contributed by atoms with E-state index in [1.54, 1.807) is 17.4 Å². The van der Waals surface area contributed by atoms with Crippen LogP contribution in [-0.2, 0) is 4.79 Å². The summed E-state index contributed by atoms with van der Waals surface area (Å²) in [5, 5.41) is 6.25. The molecule has 0 radical (unpaired) electrons. The van der Waals surface area contributed by atoms with Gasteiger partial charge in [-0.3, -0.25) is 9.80 Å². The van der Waals surface area contributed by atoms with Crippen LogP contribution < -0.4 is 9.47 Å². The van der Waals surface area contributed by atoms with Crippen LogP contribution in [0.15, 0.2) is 59.8 Å². The topological polar surface area (TPSA) is 51.1 Å². The number of allylic oxidation sites excluding steroid dienone is 1. The fourth-order valence-corrected chi connectivity index (χ4v) is 3.03. The van der Waals surface area contributed by atoms with E-state index < -0.39 is 0 Å². The molecule has 0 aliphatic carbocycles.